The SMILES string of the molecule is O=C1CC(=O)N(c2cncc(-c3nc(=S)o[nH]3)c2)c2ccc3ccccc3c2N1. The van der Waals surface area contributed by atoms with Crippen LogP contribution in [0.3, 0.4) is 0 Å². The summed E-state index contributed by atoms with van der Waals surface area (Å²) in [6.45, 7) is 0. The van der Waals surface area contributed by atoms with Gasteiger partial charge in [0.25, 0.3) is 0 Å². The number of hydrogen-bond donors (Lipinski definition) is 2. The fourth-order valence-corrected chi connectivity index (χ4v) is 3.56. The molecule has 29 heavy (non-hydrogen) atoms. The molecular formula is C20H13N5O3S. The molecule has 2 amide bonds. The molecule has 0 bridgehead atoms. The Hall–Kier alpha value is -3.85. The summed E-state index contributed by atoms with van der Waals surface area (Å²) in [5.74, 6) is -0.317. The number of benzene rings is 2. The van der Waals surface area contributed by atoms with E-state index in [1.165, 1.54) is 4.90 Å². The summed E-state index contributed by atoms with van der Waals surface area (Å²) in [4.78, 5) is 35.2. The second-order valence-corrected chi connectivity index (χ2v) is 6.85. The molecule has 8 nitrogen and oxygen atoms in total. The van der Waals surface area contributed by atoms with Gasteiger partial charge in [0.1, 0.15) is 6.42 Å². The van der Waals surface area contributed by atoms with Gasteiger partial charge in [0.05, 0.1) is 23.3 Å². The normalized spacial score (nSPS) is 13.9. The van der Waals surface area contributed by atoms with Crippen LogP contribution in [0.2, 0.25) is 0 Å². The molecule has 0 saturated heterocycles. The number of nitrogens with zero attached hydrogens (tertiary/aromatic N) is 3. The van der Waals surface area contributed by atoms with E-state index in [0.717, 1.165) is 10.8 Å². The molecule has 0 radical (unpaired) electrons. The number of hydrogen-bond acceptors (Lipinski definition) is 6. The van der Waals surface area contributed by atoms with Crippen molar-refractivity contribution in [1.82, 2.24) is 15.1 Å². The Kier molecular flexibility index (Phi) is 3.95. The van der Waals surface area contributed by atoms with Crippen LogP contribution in [-0.2, 0) is 9.59 Å². The Balaban J connectivity index is 1.71. The van der Waals surface area contributed by atoms with Gasteiger partial charge in [-0.3, -0.25) is 19.5 Å². The van der Waals surface area contributed by atoms with Crippen LogP contribution in [0.15, 0.2) is 59.4 Å². The number of aromatic amines is 1. The molecule has 1 aliphatic rings. The molecule has 0 saturated carbocycles. The van der Waals surface area contributed by atoms with Crippen molar-refractivity contribution in [2.24, 2.45) is 0 Å². The van der Waals surface area contributed by atoms with E-state index in [9.17, 15) is 9.59 Å². The third-order valence-corrected chi connectivity index (χ3v) is 4.84. The molecule has 2 N–H and O–H groups in total. The predicted octanol–water partition coefficient (Wildman–Crippen LogP) is 3.95. The lowest BCUT2D eigenvalue weighted by molar-refractivity contribution is -0.124. The summed E-state index contributed by atoms with van der Waals surface area (Å²) < 4.78 is 4.98. The summed E-state index contributed by atoms with van der Waals surface area (Å²) >= 11 is 4.90. The zero-order valence-corrected chi connectivity index (χ0v) is 15.7. The van der Waals surface area contributed by atoms with Gasteiger partial charge in [-0.15, -0.1) is 0 Å². The molecule has 2 aromatic carbocycles. The standard InChI is InChI=1S/C20H13N5O3S/c26-16-8-17(27)25(13-7-12(9-21-10-13)19-23-20(29)28-24-19)15-6-5-11-3-1-2-4-14(11)18(15)22-16/h1-7,9-10H,8H2,(H,22,26)(H,23,24,29). The first-order chi connectivity index (χ1) is 14.1. The van der Waals surface area contributed by atoms with Gasteiger partial charge in [-0.2, -0.15) is 4.98 Å². The minimum absolute atomic E-state index is 0.0721. The molecule has 9 heteroatoms. The van der Waals surface area contributed by atoms with Crippen LogP contribution in [0, 0.1) is 4.84 Å². The molecule has 1 aliphatic heterocycles. The second-order valence-electron chi connectivity index (χ2n) is 6.50. The van der Waals surface area contributed by atoms with Gasteiger partial charge in [-0.05, 0) is 29.7 Å². The van der Waals surface area contributed by atoms with Crippen LogP contribution in [0.1, 0.15) is 6.42 Å². The molecule has 0 spiro atoms. The number of H-pyrrole nitrogens is 1. The number of rotatable bonds is 2. The third-order valence-electron chi connectivity index (χ3n) is 4.67. The molecule has 4 aromatic rings. The first kappa shape index (κ1) is 17.3. The van der Waals surface area contributed by atoms with Crippen molar-refractivity contribution >= 4 is 51.9 Å². The quantitative estimate of drug-likeness (QED) is 0.388. The largest absolute Gasteiger partial charge is 0.348 e. The van der Waals surface area contributed by atoms with Crippen molar-refractivity contribution < 1.29 is 14.1 Å². The van der Waals surface area contributed by atoms with Crippen molar-refractivity contribution in [3.8, 4) is 11.4 Å². The highest BCUT2D eigenvalue weighted by molar-refractivity contribution is 7.71. The van der Waals surface area contributed by atoms with Gasteiger partial charge < -0.3 is 9.84 Å². The van der Waals surface area contributed by atoms with Crippen LogP contribution in [0.4, 0.5) is 17.1 Å². The van der Waals surface area contributed by atoms with E-state index in [4.69, 9.17) is 16.7 Å². The summed E-state index contributed by atoms with van der Waals surface area (Å²) in [5, 5.41) is 7.31. The lowest BCUT2D eigenvalue weighted by atomic mass is 10.1. The van der Waals surface area contributed by atoms with Crippen LogP contribution in [0.25, 0.3) is 22.2 Å². The fraction of sp³-hybridized carbons (Fsp3) is 0.0500. The van der Waals surface area contributed by atoms with E-state index >= 15 is 0 Å². The Morgan fingerprint density at radius 2 is 1.97 bits per heavy atom. The van der Waals surface area contributed by atoms with E-state index in [0.29, 0.717) is 28.5 Å². The predicted molar refractivity (Wildman–Crippen MR) is 109 cm³/mol. The number of anilines is 3. The van der Waals surface area contributed by atoms with Gasteiger partial charge in [0.15, 0.2) is 5.82 Å². The van der Waals surface area contributed by atoms with Crippen molar-refractivity contribution in [1.29, 1.82) is 0 Å². The zero-order chi connectivity index (χ0) is 20.0. The fourth-order valence-electron chi connectivity index (χ4n) is 3.43. The van der Waals surface area contributed by atoms with Crippen molar-refractivity contribution in [3.05, 3.63) is 59.7 Å². The summed E-state index contributed by atoms with van der Waals surface area (Å²) in [7, 11) is 0. The van der Waals surface area contributed by atoms with Crippen LogP contribution >= 0.6 is 12.2 Å². The lowest BCUT2D eigenvalue weighted by Crippen LogP contribution is -2.26. The molecule has 5 rings (SSSR count). The summed E-state index contributed by atoms with van der Waals surface area (Å²) in [6.07, 6.45) is 2.87. The summed E-state index contributed by atoms with van der Waals surface area (Å²) in [5.41, 5.74) is 2.26. The maximum absolute atomic E-state index is 13.0. The second kappa shape index (κ2) is 6.64. The van der Waals surface area contributed by atoms with Crippen molar-refractivity contribution in [3.63, 3.8) is 0 Å². The molecule has 0 fully saturated rings. The number of amides is 2. The molecule has 142 valence electrons. The Labute approximate surface area is 169 Å². The Bertz CT molecular complexity index is 1340. The van der Waals surface area contributed by atoms with E-state index in [2.05, 4.69) is 20.4 Å². The Morgan fingerprint density at radius 1 is 1.10 bits per heavy atom. The number of fused-ring (bicyclic) bond motifs is 3. The minimum Gasteiger partial charge on any atom is -0.348 e. The lowest BCUT2D eigenvalue weighted by Gasteiger charge is -2.23. The number of carbonyl (C=O) groups excluding carboxylic acids is 2. The van der Waals surface area contributed by atoms with Crippen LogP contribution in [-0.4, -0.2) is 26.9 Å². The highest BCUT2D eigenvalue weighted by Gasteiger charge is 2.29. The van der Waals surface area contributed by atoms with Gasteiger partial charge in [-0.1, -0.05) is 30.3 Å². The molecule has 0 unspecified atom stereocenters. The minimum atomic E-state index is -0.361. The van der Waals surface area contributed by atoms with Gasteiger partial charge in [-0.25, -0.2) is 5.16 Å². The molecule has 3 heterocycles. The first-order valence-corrected chi connectivity index (χ1v) is 9.16. The number of aromatic nitrogens is 3. The van der Waals surface area contributed by atoms with Gasteiger partial charge in [0.2, 0.25) is 11.8 Å². The van der Waals surface area contributed by atoms with Crippen molar-refractivity contribution in [2.75, 3.05) is 10.2 Å². The maximum atomic E-state index is 13.0. The third kappa shape index (κ3) is 2.97. The highest BCUT2D eigenvalue weighted by atomic mass is 32.1. The highest BCUT2D eigenvalue weighted by Crippen LogP contribution is 2.40. The van der Waals surface area contributed by atoms with Crippen LogP contribution in [0.5, 0.6) is 0 Å². The molecule has 0 aliphatic carbocycles. The molecular weight excluding hydrogens is 390 g/mol. The van der Waals surface area contributed by atoms with E-state index in [1.54, 1.807) is 18.5 Å². The van der Waals surface area contributed by atoms with E-state index in [1.807, 2.05) is 36.4 Å². The molecule has 0 atom stereocenters. The number of carbonyl (C=O) groups is 2. The first-order valence-electron chi connectivity index (χ1n) is 8.75. The zero-order valence-electron chi connectivity index (χ0n) is 14.9. The smallest absolute Gasteiger partial charge is 0.314 e. The van der Waals surface area contributed by atoms with Gasteiger partial charge >= 0.3 is 4.84 Å². The topological polar surface area (TPSA) is 104 Å². The van der Waals surface area contributed by atoms with Crippen molar-refractivity contribution in [2.45, 2.75) is 6.42 Å². The number of nitrogens with one attached hydrogen (secondary N) is 2. The average Bonchev–Trinajstić information content (AvgIpc) is 3.10. The maximum Gasteiger partial charge on any atom is 0.314 e. The van der Waals surface area contributed by atoms with E-state index < -0.39 is 0 Å². The molecule has 2 aromatic heterocycles. The average molecular weight is 403 g/mol. The number of pyridine rings is 1. The Morgan fingerprint density at radius 3 is 2.79 bits per heavy atom. The monoisotopic (exact) mass is 403 g/mol. The van der Waals surface area contributed by atoms with Crippen LogP contribution < -0.4 is 10.2 Å². The van der Waals surface area contributed by atoms with E-state index in [-0.39, 0.29) is 23.1 Å². The summed E-state index contributed by atoms with van der Waals surface area (Å²) in [6, 6.07) is 13.1. The van der Waals surface area contributed by atoms with Gasteiger partial charge in [0, 0.05) is 17.1 Å².